The third kappa shape index (κ3) is 3.55. The highest BCUT2D eigenvalue weighted by atomic mass is 19.1. The molecule has 0 saturated heterocycles. The molecule has 2 rings (SSSR count). The Kier molecular flexibility index (Phi) is 4.53. The van der Waals surface area contributed by atoms with Crippen LogP contribution in [0.15, 0.2) is 42.5 Å². The molecule has 100 valence electrons. The smallest absolute Gasteiger partial charge is 0.123 e. The number of aryl methyl sites for hydroxylation is 1. The summed E-state index contributed by atoms with van der Waals surface area (Å²) >= 11 is 0. The van der Waals surface area contributed by atoms with E-state index >= 15 is 0 Å². The SMILES string of the molecule is CCc1ccc(OCc2cc(F)ccc2CN)cc1. The Morgan fingerprint density at radius 2 is 1.79 bits per heavy atom. The second-order valence-corrected chi connectivity index (χ2v) is 4.40. The average molecular weight is 259 g/mol. The van der Waals surface area contributed by atoms with E-state index in [-0.39, 0.29) is 5.82 Å². The van der Waals surface area contributed by atoms with Crippen molar-refractivity contribution in [2.75, 3.05) is 0 Å². The average Bonchev–Trinajstić information content (AvgIpc) is 2.46. The third-order valence-corrected chi connectivity index (χ3v) is 3.11. The molecule has 2 nitrogen and oxygen atoms in total. The molecule has 0 fully saturated rings. The zero-order chi connectivity index (χ0) is 13.7. The predicted octanol–water partition coefficient (Wildman–Crippen LogP) is 3.43. The van der Waals surface area contributed by atoms with E-state index in [1.165, 1.54) is 17.7 Å². The topological polar surface area (TPSA) is 35.2 Å². The maximum absolute atomic E-state index is 13.2. The molecule has 2 aromatic rings. The van der Waals surface area contributed by atoms with Gasteiger partial charge >= 0.3 is 0 Å². The Morgan fingerprint density at radius 1 is 1.05 bits per heavy atom. The molecule has 0 spiro atoms. The van der Waals surface area contributed by atoms with Gasteiger partial charge in [0.15, 0.2) is 0 Å². The lowest BCUT2D eigenvalue weighted by Gasteiger charge is -2.10. The van der Waals surface area contributed by atoms with E-state index in [2.05, 4.69) is 6.92 Å². The number of ether oxygens (including phenoxy) is 1. The number of rotatable bonds is 5. The van der Waals surface area contributed by atoms with Crippen LogP contribution in [0.2, 0.25) is 0 Å². The summed E-state index contributed by atoms with van der Waals surface area (Å²) in [4.78, 5) is 0. The molecule has 0 atom stereocenters. The van der Waals surface area contributed by atoms with Crippen molar-refractivity contribution in [2.45, 2.75) is 26.5 Å². The normalized spacial score (nSPS) is 10.5. The van der Waals surface area contributed by atoms with E-state index in [0.717, 1.165) is 23.3 Å². The van der Waals surface area contributed by atoms with Gasteiger partial charge in [-0.2, -0.15) is 0 Å². The van der Waals surface area contributed by atoms with Crippen LogP contribution in [0.5, 0.6) is 5.75 Å². The van der Waals surface area contributed by atoms with Gasteiger partial charge in [0, 0.05) is 6.54 Å². The molecule has 3 heteroatoms. The highest BCUT2D eigenvalue weighted by Gasteiger charge is 2.04. The van der Waals surface area contributed by atoms with Gasteiger partial charge in [0.1, 0.15) is 18.2 Å². The fourth-order valence-electron chi connectivity index (χ4n) is 1.91. The number of hydrogen-bond acceptors (Lipinski definition) is 2. The van der Waals surface area contributed by atoms with Crippen LogP contribution >= 0.6 is 0 Å². The molecular formula is C16H18FNO. The molecule has 0 unspecified atom stereocenters. The molecule has 19 heavy (non-hydrogen) atoms. The van der Waals surface area contributed by atoms with E-state index in [9.17, 15) is 4.39 Å². The summed E-state index contributed by atoms with van der Waals surface area (Å²) in [6.45, 7) is 2.82. The maximum atomic E-state index is 13.2. The van der Waals surface area contributed by atoms with Crippen LogP contribution in [0, 0.1) is 5.82 Å². The zero-order valence-electron chi connectivity index (χ0n) is 11.0. The van der Waals surface area contributed by atoms with E-state index in [4.69, 9.17) is 10.5 Å². The van der Waals surface area contributed by atoms with Crippen molar-refractivity contribution in [1.82, 2.24) is 0 Å². The summed E-state index contributed by atoms with van der Waals surface area (Å²) in [7, 11) is 0. The van der Waals surface area contributed by atoms with Gasteiger partial charge in [-0.25, -0.2) is 4.39 Å². The van der Waals surface area contributed by atoms with Gasteiger partial charge in [0.05, 0.1) is 0 Å². The zero-order valence-corrected chi connectivity index (χ0v) is 11.0. The highest BCUT2D eigenvalue weighted by molar-refractivity contribution is 5.30. The summed E-state index contributed by atoms with van der Waals surface area (Å²) < 4.78 is 18.9. The van der Waals surface area contributed by atoms with E-state index < -0.39 is 0 Å². The lowest BCUT2D eigenvalue weighted by molar-refractivity contribution is 0.304. The van der Waals surface area contributed by atoms with Crippen molar-refractivity contribution in [3.05, 3.63) is 65.0 Å². The van der Waals surface area contributed by atoms with Crippen molar-refractivity contribution in [3.8, 4) is 5.75 Å². The molecule has 0 aliphatic carbocycles. The minimum atomic E-state index is -0.267. The van der Waals surface area contributed by atoms with Gasteiger partial charge < -0.3 is 10.5 Å². The quantitative estimate of drug-likeness (QED) is 0.893. The number of halogens is 1. The Bertz CT molecular complexity index is 537. The lowest BCUT2D eigenvalue weighted by Crippen LogP contribution is -2.05. The van der Waals surface area contributed by atoms with Crippen molar-refractivity contribution < 1.29 is 9.13 Å². The predicted molar refractivity (Wildman–Crippen MR) is 74.4 cm³/mol. The molecule has 2 aromatic carbocycles. The van der Waals surface area contributed by atoms with Crippen molar-refractivity contribution in [1.29, 1.82) is 0 Å². The van der Waals surface area contributed by atoms with Crippen molar-refractivity contribution >= 4 is 0 Å². The van der Waals surface area contributed by atoms with Gasteiger partial charge in [-0.05, 0) is 47.4 Å². The molecule has 0 aliphatic rings. The molecule has 2 N–H and O–H groups in total. The first-order valence-electron chi connectivity index (χ1n) is 6.42. The first kappa shape index (κ1) is 13.6. The van der Waals surface area contributed by atoms with E-state index in [1.54, 1.807) is 6.07 Å². The van der Waals surface area contributed by atoms with Gasteiger partial charge in [-0.15, -0.1) is 0 Å². The molecule has 0 radical (unpaired) electrons. The van der Waals surface area contributed by atoms with Gasteiger partial charge in [-0.1, -0.05) is 25.1 Å². The van der Waals surface area contributed by atoms with Crippen LogP contribution in [-0.2, 0) is 19.6 Å². The molecule has 0 saturated carbocycles. The Hall–Kier alpha value is -1.87. The summed E-state index contributed by atoms with van der Waals surface area (Å²) in [5.41, 5.74) is 8.60. The summed E-state index contributed by atoms with van der Waals surface area (Å²) in [5, 5.41) is 0. The fraction of sp³-hybridized carbons (Fsp3) is 0.250. The Balaban J connectivity index is 2.07. The number of benzene rings is 2. The number of nitrogens with two attached hydrogens (primary N) is 1. The lowest BCUT2D eigenvalue weighted by atomic mass is 10.1. The minimum absolute atomic E-state index is 0.267. The maximum Gasteiger partial charge on any atom is 0.123 e. The van der Waals surface area contributed by atoms with Crippen molar-refractivity contribution in [3.63, 3.8) is 0 Å². The third-order valence-electron chi connectivity index (χ3n) is 3.11. The summed E-state index contributed by atoms with van der Waals surface area (Å²) in [5.74, 6) is 0.515. The number of hydrogen-bond donors (Lipinski definition) is 1. The van der Waals surface area contributed by atoms with Gasteiger partial charge in [-0.3, -0.25) is 0 Å². The van der Waals surface area contributed by atoms with Crippen molar-refractivity contribution in [2.24, 2.45) is 5.73 Å². The largest absolute Gasteiger partial charge is 0.489 e. The standard InChI is InChI=1S/C16H18FNO/c1-2-12-3-7-16(8-4-12)19-11-14-9-15(17)6-5-13(14)10-18/h3-9H,2,10-11,18H2,1H3. The first-order chi connectivity index (χ1) is 9.22. The Labute approximate surface area is 113 Å². The molecular weight excluding hydrogens is 241 g/mol. The second-order valence-electron chi connectivity index (χ2n) is 4.40. The fourth-order valence-corrected chi connectivity index (χ4v) is 1.91. The molecule has 0 aromatic heterocycles. The van der Waals surface area contributed by atoms with E-state index in [0.29, 0.717) is 13.2 Å². The van der Waals surface area contributed by atoms with Crippen LogP contribution < -0.4 is 10.5 Å². The molecule has 0 aliphatic heterocycles. The monoisotopic (exact) mass is 259 g/mol. The van der Waals surface area contributed by atoms with Crippen LogP contribution in [0.1, 0.15) is 23.6 Å². The first-order valence-corrected chi connectivity index (χ1v) is 6.42. The van der Waals surface area contributed by atoms with E-state index in [1.807, 2.05) is 24.3 Å². The van der Waals surface area contributed by atoms with Crippen LogP contribution in [0.3, 0.4) is 0 Å². The Morgan fingerprint density at radius 3 is 2.42 bits per heavy atom. The van der Waals surface area contributed by atoms with Gasteiger partial charge in [0.2, 0.25) is 0 Å². The van der Waals surface area contributed by atoms with Crippen LogP contribution in [0.25, 0.3) is 0 Å². The van der Waals surface area contributed by atoms with Crippen LogP contribution in [0.4, 0.5) is 4.39 Å². The highest BCUT2D eigenvalue weighted by Crippen LogP contribution is 2.17. The minimum Gasteiger partial charge on any atom is -0.489 e. The van der Waals surface area contributed by atoms with Gasteiger partial charge in [0.25, 0.3) is 0 Å². The summed E-state index contributed by atoms with van der Waals surface area (Å²) in [6.07, 6.45) is 1.00. The van der Waals surface area contributed by atoms with Crippen LogP contribution in [-0.4, -0.2) is 0 Å². The molecule has 0 amide bonds. The summed E-state index contributed by atoms with van der Waals surface area (Å²) in [6, 6.07) is 12.5. The second kappa shape index (κ2) is 6.34. The molecule has 0 bridgehead atoms. The molecule has 0 heterocycles.